The molecule has 41 heavy (non-hydrogen) atoms. The molecule has 3 aromatic heterocycles. The molecule has 1 aliphatic heterocycles. The number of nitrogens with zero attached hydrogens (tertiary/aromatic N) is 6. The molecule has 11 nitrogen and oxygen atoms in total. The summed E-state index contributed by atoms with van der Waals surface area (Å²) >= 11 is 0. The minimum absolute atomic E-state index is 0.168. The Labute approximate surface area is 237 Å². The van der Waals surface area contributed by atoms with E-state index in [-0.39, 0.29) is 12.5 Å². The van der Waals surface area contributed by atoms with E-state index in [0.717, 1.165) is 60.0 Å². The molecule has 0 atom stereocenters. The van der Waals surface area contributed by atoms with E-state index >= 15 is 0 Å². The first-order valence-electron chi connectivity index (χ1n) is 13.6. The maximum atomic E-state index is 13.2. The molecule has 4 heterocycles. The second-order valence-electron chi connectivity index (χ2n) is 9.93. The van der Waals surface area contributed by atoms with Gasteiger partial charge in [-0.3, -0.25) is 14.4 Å². The Bertz CT molecular complexity index is 1590. The first-order valence-corrected chi connectivity index (χ1v) is 13.6. The maximum absolute atomic E-state index is 13.2. The zero-order valence-corrected chi connectivity index (χ0v) is 22.8. The van der Waals surface area contributed by atoms with Crippen LogP contribution in [0.25, 0.3) is 22.6 Å². The maximum Gasteiger partial charge on any atom is 0.258 e. The molecular formula is C30H32N8O3. The van der Waals surface area contributed by atoms with Crippen molar-refractivity contribution in [2.45, 2.75) is 6.54 Å². The molecule has 0 bridgehead atoms. The number of hydrogen-bond acceptors (Lipinski definition) is 8. The van der Waals surface area contributed by atoms with Gasteiger partial charge in [0.05, 0.1) is 36.9 Å². The summed E-state index contributed by atoms with van der Waals surface area (Å²) in [5.74, 6) is 2.41. The van der Waals surface area contributed by atoms with Crippen molar-refractivity contribution in [3.63, 3.8) is 0 Å². The average molecular weight is 553 g/mol. The number of carbonyl (C=O) groups excluding carboxylic acids is 1. The molecule has 2 aromatic carbocycles. The van der Waals surface area contributed by atoms with Gasteiger partial charge in [-0.1, -0.05) is 24.3 Å². The van der Waals surface area contributed by atoms with Crippen LogP contribution in [0.1, 0.15) is 15.9 Å². The number of β-amino-alcohol motifs (C(OH)–C–C–N with tert-alkyl or cyclic N) is 1. The standard InChI is InChI=1S/C30H32N8O3/c1-41-23-9-6-21(7-10-23)20-38-26(29-32-24-4-2-3-5-25(24)33-29)18-27(35-38)34-30(40)22-8-11-28(31-19-22)37-14-12-36(13-15-37)16-17-39/h2-11,18-19,39H,12-17,20H2,1H3,(H,32,33)(H,34,35,40). The Morgan fingerprint density at radius 1 is 1.05 bits per heavy atom. The summed E-state index contributed by atoms with van der Waals surface area (Å²) in [6.07, 6.45) is 1.60. The SMILES string of the molecule is COc1ccc(Cn2nc(NC(=O)c3ccc(N4CCN(CCO)CC4)nc3)cc2-c2nc3ccccc3[nH]2)cc1. The fourth-order valence-corrected chi connectivity index (χ4v) is 5.00. The summed E-state index contributed by atoms with van der Waals surface area (Å²) in [6, 6.07) is 21.1. The summed E-state index contributed by atoms with van der Waals surface area (Å²) < 4.78 is 7.11. The van der Waals surface area contributed by atoms with E-state index in [4.69, 9.17) is 19.9 Å². The predicted molar refractivity (Wildman–Crippen MR) is 157 cm³/mol. The highest BCUT2D eigenvalue weighted by molar-refractivity contribution is 6.03. The molecule has 0 spiro atoms. The fourth-order valence-electron chi connectivity index (χ4n) is 5.00. The van der Waals surface area contributed by atoms with E-state index in [2.05, 4.69) is 25.1 Å². The molecular weight excluding hydrogens is 520 g/mol. The Morgan fingerprint density at radius 2 is 1.85 bits per heavy atom. The van der Waals surface area contributed by atoms with Crippen LogP contribution in [-0.2, 0) is 6.54 Å². The van der Waals surface area contributed by atoms with Gasteiger partial charge < -0.3 is 25.0 Å². The van der Waals surface area contributed by atoms with Crippen molar-refractivity contribution in [2.75, 3.05) is 56.7 Å². The first kappa shape index (κ1) is 26.5. The second-order valence-corrected chi connectivity index (χ2v) is 9.93. The molecule has 1 aliphatic rings. The van der Waals surface area contributed by atoms with E-state index in [9.17, 15) is 4.79 Å². The molecule has 11 heteroatoms. The van der Waals surface area contributed by atoms with E-state index in [1.165, 1.54) is 0 Å². The number of piperazine rings is 1. The van der Waals surface area contributed by atoms with E-state index in [1.54, 1.807) is 19.4 Å². The number of pyridine rings is 1. The molecule has 1 fully saturated rings. The number of methoxy groups -OCH3 is 1. The van der Waals surface area contributed by atoms with Gasteiger partial charge in [-0.15, -0.1) is 0 Å². The van der Waals surface area contributed by atoms with Crippen molar-refractivity contribution in [3.05, 3.63) is 84.1 Å². The summed E-state index contributed by atoms with van der Waals surface area (Å²) in [4.78, 5) is 30.2. The molecule has 1 amide bonds. The fraction of sp³-hybridized carbons (Fsp3) is 0.267. The van der Waals surface area contributed by atoms with E-state index in [1.807, 2.05) is 65.3 Å². The van der Waals surface area contributed by atoms with Crippen molar-refractivity contribution >= 4 is 28.6 Å². The van der Waals surface area contributed by atoms with Crippen molar-refractivity contribution in [2.24, 2.45) is 0 Å². The number of para-hydroxylation sites is 2. The summed E-state index contributed by atoms with van der Waals surface area (Å²) in [5, 5.41) is 16.8. The number of aromatic nitrogens is 5. The summed E-state index contributed by atoms with van der Waals surface area (Å²) in [7, 11) is 1.64. The van der Waals surface area contributed by atoms with Crippen LogP contribution in [0.15, 0.2) is 72.9 Å². The highest BCUT2D eigenvalue weighted by Gasteiger charge is 2.19. The monoisotopic (exact) mass is 552 g/mol. The topological polar surface area (TPSA) is 124 Å². The van der Waals surface area contributed by atoms with Crippen LogP contribution in [-0.4, -0.2) is 87.1 Å². The lowest BCUT2D eigenvalue weighted by Crippen LogP contribution is -2.47. The molecule has 0 saturated carbocycles. The molecule has 210 valence electrons. The van der Waals surface area contributed by atoms with Gasteiger partial charge in [0.15, 0.2) is 11.6 Å². The lowest BCUT2D eigenvalue weighted by molar-refractivity contribution is 0.102. The smallest absolute Gasteiger partial charge is 0.258 e. The minimum atomic E-state index is -0.290. The van der Waals surface area contributed by atoms with Gasteiger partial charge in [-0.2, -0.15) is 5.10 Å². The van der Waals surface area contributed by atoms with Crippen molar-refractivity contribution < 1.29 is 14.6 Å². The molecule has 0 aliphatic carbocycles. The number of aliphatic hydroxyl groups is 1. The van der Waals surface area contributed by atoms with Crippen molar-refractivity contribution in [3.8, 4) is 17.3 Å². The Hall–Kier alpha value is -4.74. The third-order valence-electron chi connectivity index (χ3n) is 7.27. The number of aromatic amines is 1. The van der Waals surface area contributed by atoms with Crippen LogP contribution >= 0.6 is 0 Å². The van der Waals surface area contributed by atoms with Crippen LogP contribution in [0.4, 0.5) is 11.6 Å². The number of nitrogens with one attached hydrogen (secondary N) is 2. The van der Waals surface area contributed by atoms with E-state index in [0.29, 0.717) is 30.3 Å². The third kappa shape index (κ3) is 5.91. The molecule has 0 unspecified atom stereocenters. The minimum Gasteiger partial charge on any atom is -0.497 e. The lowest BCUT2D eigenvalue weighted by Gasteiger charge is -2.35. The number of imidazole rings is 1. The highest BCUT2D eigenvalue weighted by atomic mass is 16.5. The zero-order valence-electron chi connectivity index (χ0n) is 22.8. The van der Waals surface area contributed by atoms with Crippen LogP contribution in [0.2, 0.25) is 0 Å². The number of rotatable bonds is 9. The Kier molecular flexibility index (Phi) is 7.61. The molecule has 0 radical (unpaired) electrons. The number of anilines is 2. The Balaban J connectivity index is 1.21. The van der Waals surface area contributed by atoms with Gasteiger partial charge >= 0.3 is 0 Å². The van der Waals surface area contributed by atoms with Gasteiger partial charge in [-0.25, -0.2) is 9.97 Å². The molecule has 1 saturated heterocycles. The van der Waals surface area contributed by atoms with Crippen molar-refractivity contribution in [1.29, 1.82) is 0 Å². The van der Waals surface area contributed by atoms with Crippen molar-refractivity contribution in [1.82, 2.24) is 29.6 Å². The predicted octanol–water partition coefficient (Wildman–Crippen LogP) is 3.24. The number of carbonyl (C=O) groups is 1. The van der Waals surface area contributed by atoms with Crippen LogP contribution < -0.4 is 15.0 Å². The van der Waals surface area contributed by atoms with Gasteiger partial charge in [-0.05, 0) is 42.0 Å². The van der Waals surface area contributed by atoms with E-state index < -0.39 is 0 Å². The number of H-pyrrole nitrogens is 1. The number of amides is 1. The highest BCUT2D eigenvalue weighted by Crippen LogP contribution is 2.25. The van der Waals surface area contributed by atoms with Gasteiger partial charge in [0.25, 0.3) is 5.91 Å². The van der Waals surface area contributed by atoms with Gasteiger partial charge in [0.2, 0.25) is 0 Å². The molecule has 6 rings (SSSR count). The number of ether oxygens (including phenoxy) is 1. The number of benzene rings is 2. The zero-order chi connectivity index (χ0) is 28.2. The summed E-state index contributed by atoms with van der Waals surface area (Å²) in [6.45, 7) is 4.74. The second kappa shape index (κ2) is 11.8. The van der Waals surface area contributed by atoms with Crippen LogP contribution in [0.3, 0.4) is 0 Å². The number of hydrogen-bond donors (Lipinski definition) is 3. The number of aliphatic hydroxyl groups excluding tert-OH is 1. The normalized spacial score (nSPS) is 14.0. The summed E-state index contributed by atoms with van der Waals surface area (Å²) in [5.41, 5.74) is 4.00. The van der Waals surface area contributed by atoms with Gasteiger partial charge in [0, 0.05) is 45.0 Å². The Morgan fingerprint density at radius 3 is 2.56 bits per heavy atom. The quantitative estimate of drug-likeness (QED) is 0.255. The molecule has 5 aromatic rings. The van der Waals surface area contributed by atoms with Gasteiger partial charge in [0.1, 0.15) is 17.3 Å². The van der Waals surface area contributed by atoms with Crippen LogP contribution in [0, 0.1) is 0 Å². The average Bonchev–Trinajstić information content (AvgIpc) is 3.62. The first-order chi connectivity index (χ1) is 20.1. The number of fused-ring (bicyclic) bond motifs is 1. The van der Waals surface area contributed by atoms with Crippen LogP contribution in [0.5, 0.6) is 5.75 Å². The lowest BCUT2D eigenvalue weighted by atomic mass is 10.2. The largest absolute Gasteiger partial charge is 0.497 e. The molecule has 3 N–H and O–H groups in total. The third-order valence-corrected chi connectivity index (χ3v) is 7.27.